The summed E-state index contributed by atoms with van der Waals surface area (Å²) in [6, 6.07) is 0. The Hall–Kier alpha value is -1.63. The Bertz CT molecular complexity index is 273. The second-order valence-electron chi connectivity index (χ2n) is 3.19. The van der Waals surface area contributed by atoms with Crippen molar-refractivity contribution >= 4 is 17.7 Å². The van der Waals surface area contributed by atoms with Gasteiger partial charge in [0, 0.05) is 26.2 Å². The quantitative estimate of drug-likeness (QED) is 0.426. The van der Waals surface area contributed by atoms with Gasteiger partial charge in [-0.3, -0.25) is 14.4 Å². The van der Waals surface area contributed by atoms with E-state index in [4.69, 9.17) is 5.73 Å². The Kier molecular flexibility index (Phi) is 4.04. The van der Waals surface area contributed by atoms with Crippen LogP contribution in [-0.2, 0) is 14.4 Å². The molecule has 1 fully saturated rings. The Labute approximate surface area is 87.0 Å². The van der Waals surface area contributed by atoms with Crippen molar-refractivity contribution in [2.24, 2.45) is 5.73 Å². The fraction of sp³-hybridized carbons (Fsp3) is 0.625. The largest absolute Gasteiger partial charge is 0.368 e. The Morgan fingerprint density at radius 2 is 1.87 bits per heavy atom. The molecule has 0 aromatic rings. The minimum Gasteiger partial charge on any atom is -0.368 e. The molecule has 0 bridgehead atoms. The highest BCUT2D eigenvalue weighted by atomic mass is 16.2. The number of carbonyl (C=O) groups is 3. The number of nitrogens with two attached hydrogens (primary N) is 1. The molecule has 0 spiro atoms. The maximum Gasteiger partial charge on any atom is 0.311 e. The van der Waals surface area contributed by atoms with Crippen molar-refractivity contribution in [2.75, 3.05) is 32.7 Å². The lowest BCUT2D eigenvalue weighted by Gasteiger charge is -2.26. The van der Waals surface area contributed by atoms with Crippen molar-refractivity contribution < 1.29 is 14.4 Å². The highest BCUT2D eigenvalue weighted by molar-refractivity contribution is 6.35. The van der Waals surface area contributed by atoms with E-state index < -0.39 is 17.7 Å². The first-order valence-electron chi connectivity index (χ1n) is 4.67. The normalized spacial score (nSPS) is 15.9. The van der Waals surface area contributed by atoms with Gasteiger partial charge in [0.25, 0.3) is 0 Å². The Morgan fingerprint density at radius 1 is 1.27 bits per heavy atom. The first-order valence-corrected chi connectivity index (χ1v) is 4.67. The summed E-state index contributed by atoms with van der Waals surface area (Å²) in [5.41, 5.74) is 4.83. The van der Waals surface area contributed by atoms with Gasteiger partial charge in [0.05, 0.1) is 6.54 Å². The van der Waals surface area contributed by atoms with Gasteiger partial charge in [-0.15, -0.1) is 0 Å². The topological polar surface area (TPSA) is 105 Å². The lowest BCUT2D eigenvalue weighted by molar-refractivity contribution is -0.146. The average Bonchev–Trinajstić information content (AvgIpc) is 2.26. The molecule has 1 aliphatic heterocycles. The van der Waals surface area contributed by atoms with E-state index in [1.165, 1.54) is 4.90 Å². The van der Waals surface area contributed by atoms with Crippen LogP contribution >= 0.6 is 0 Å². The molecule has 1 rings (SSSR count). The van der Waals surface area contributed by atoms with Crippen LogP contribution in [0.1, 0.15) is 0 Å². The summed E-state index contributed by atoms with van der Waals surface area (Å²) in [6.07, 6.45) is 0. The zero-order valence-corrected chi connectivity index (χ0v) is 8.28. The molecule has 15 heavy (non-hydrogen) atoms. The molecule has 84 valence electrons. The van der Waals surface area contributed by atoms with Crippen LogP contribution < -0.4 is 16.4 Å². The predicted molar refractivity (Wildman–Crippen MR) is 51.7 cm³/mol. The summed E-state index contributed by atoms with van der Waals surface area (Å²) < 4.78 is 0. The molecule has 1 aliphatic rings. The standard InChI is InChI=1S/C8H14N4O3/c9-6(13)5-11-7(14)8(15)12-3-1-10-2-4-12/h10H,1-5H2,(H2,9,13)(H,11,14). The van der Waals surface area contributed by atoms with E-state index in [2.05, 4.69) is 10.6 Å². The van der Waals surface area contributed by atoms with E-state index in [9.17, 15) is 14.4 Å². The van der Waals surface area contributed by atoms with Gasteiger partial charge in [-0.25, -0.2) is 0 Å². The molecule has 0 aliphatic carbocycles. The van der Waals surface area contributed by atoms with Gasteiger partial charge in [0.1, 0.15) is 0 Å². The number of nitrogens with zero attached hydrogens (tertiary/aromatic N) is 1. The van der Waals surface area contributed by atoms with Crippen LogP contribution in [0.15, 0.2) is 0 Å². The van der Waals surface area contributed by atoms with Gasteiger partial charge >= 0.3 is 11.8 Å². The van der Waals surface area contributed by atoms with Crippen LogP contribution in [0, 0.1) is 0 Å². The van der Waals surface area contributed by atoms with Gasteiger partial charge in [-0.2, -0.15) is 0 Å². The van der Waals surface area contributed by atoms with Crippen LogP contribution in [-0.4, -0.2) is 55.3 Å². The molecular weight excluding hydrogens is 200 g/mol. The average molecular weight is 214 g/mol. The van der Waals surface area contributed by atoms with Crippen molar-refractivity contribution in [3.63, 3.8) is 0 Å². The fourth-order valence-electron chi connectivity index (χ4n) is 1.25. The number of hydrogen-bond donors (Lipinski definition) is 3. The van der Waals surface area contributed by atoms with Gasteiger partial charge in [-0.05, 0) is 0 Å². The number of primary amides is 1. The first-order chi connectivity index (χ1) is 7.11. The van der Waals surface area contributed by atoms with E-state index in [1.807, 2.05) is 0 Å². The number of hydrogen-bond acceptors (Lipinski definition) is 4. The van der Waals surface area contributed by atoms with Crippen LogP contribution in [0.4, 0.5) is 0 Å². The van der Waals surface area contributed by atoms with E-state index in [-0.39, 0.29) is 6.54 Å². The molecule has 7 nitrogen and oxygen atoms in total. The molecule has 0 saturated carbocycles. The van der Waals surface area contributed by atoms with E-state index in [1.54, 1.807) is 0 Å². The molecule has 1 heterocycles. The molecule has 0 aromatic heterocycles. The maximum atomic E-state index is 11.4. The van der Waals surface area contributed by atoms with E-state index in [0.29, 0.717) is 26.2 Å². The summed E-state index contributed by atoms with van der Waals surface area (Å²) in [6.45, 7) is 2.05. The third kappa shape index (κ3) is 3.55. The lowest BCUT2D eigenvalue weighted by atomic mass is 10.3. The Morgan fingerprint density at radius 3 is 2.40 bits per heavy atom. The molecule has 0 unspecified atom stereocenters. The minimum atomic E-state index is -0.782. The SMILES string of the molecule is NC(=O)CNC(=O)C(=O)N1CCNCC1. The van der Waals surface area contributed by atoms with Gasteiger partial charge in [0.15, 0.2) is 0 Å². The summed E-state index contributed by atoms with van der Waals surface area (Å²) in [5, 5.41) is 5.21. The van der Waals surface area contributed by atoms with Crippen molar-refractivity contribution in [2.45, 2.75) is 0 Å². The third-order valence-corrected chi connectivity index (χ3v) is 2.02. The first kappa shape index (κ1) is 11.4. The summed E-state index contributed by atoms with van der Waals surface area (Å²) >= 11 is 0. The highest BCUT2D eigenvalue weighted by Crippen LogP contribution is 1.92. The zero-order chi connectivity index (χ0) is 11.3. The van der Waals surface area contributed by atoms with Crippen molar-refractivity contribution in [3.05, 3.63) is 0 Å². The molecule has 3 amide bonds. The monoisotopic (exact) mass is 214 g/mol. The van der Waals surface area contributed by atoms with Crippen LogP contribution in [0.5, 0.6) is 0 Å². The summed E-state index contributed by atoms with van der Waals surface area (Å²) in [5.74, 6) is -2.06. The van der Waals surface area contributed by atoms with Gasteiger partial charge < -0.3 is 21.3 Å². The number of piperazine rings is 1. The number of nitrogens with one attached hydrogen (secondary N) is 2. The number of carbonyl (C=O) groups excluding carboxylic acids is 3. The highest BCUT2D eigenvalue weighted by Gasteiger charge is 2.22. The molecule has 7 heteroatoms. The maximum absolute atomic E-state index is 11.4. The van der Waals surface area contributed by atoms with Crippen molar-refractivity contribution in [1.82, 2.24) is 15.5 Å². The second-order valence-corrected chi connectivity index (χ2v) is 3.19. The van der Waals surface area contributed by atoms with Gasteiger partial charge in [0.2, 0.25) is 5.91 Å². The van der Waals surface area contributed by atoms with E-state index in [0.717, 1.165) is 0 Å². The zero-order valence-electron chi connectivity index (χ0n) is 8.28. The molecule has 0 atom stereocenters. The molecule has 4 N–H and O–H groups in total. The predicted octanol–water partition coefficient (Wildman–Crippen LogP) is -2.98. The van der Waals surface area contributed by atoms with Crippen molar-refractivity contribution in [3.8, 4) is 0 Å². The smallest absolute Gasteiger partial charge is 0.311 e. The van der Waals surface area contributed by atoms with Crippen LogP contribution in [0.2, 0.25) is 0 Å². The minimum absolute atomic E-state index is 0.309. The second kappa shape index (κ2) is 5.30. The molecule has 0 aromatic carbocycles. The molecular formula is C8H14N4O3. The summed E-state index contributed by atoms with van der Waals surface area (Å²) in [7, 11) is 0. The van der Waals surface area contributed by atoms with Gasteiger partial charge in [-0.1, -0.05) is 0 Å². The third-order valence-electron chi connectivity index (χ3n) is 2.02. The van der Waals surface area contributed by atoms with E-state index >= 15 is 0 Å². The van der Waals surface area contributed by atoms with Crippen LogP contribution in [0.25, 0.3) is 0 Å². The molecule has 1 saturated heterocycles. The number of rotatable bonds is 2. The van der Waals surface area contributed by atoms with Crippen LogP contribution in [0.3, 0.4) is 0 Å². The van der Waals surface area contributed by atoms with Crippen molar-refractivity contribution in [1.29, 1.82) is 0 Å². The summed E-state index contributed by atoms with van der Waals surface area (Å²) in [4.78, 5) is 34.5. The Balaban J connectivity index is 2.37. The fourth-order valence-corrected chi connectivity index (χ4v) is 1.25. The lowest BCUT2D eigenvalue weighted by Crippen LogP contribution is -2.52. The molecule has 0 radical (unpaired) electrons. The number of amides is 3.